The summed E-state index contributed by atoms with van der Waals surface area (Å²) in [6, 6.07) is 11.3. The molecular formula is C39H26N10O24S6. The summed E-state index contributed by atoms with van der Waals surface area (Å²) in [5, 5.41) is 68.0. The van der Waals surface area contributed by atoms with Gasteiger partial charge in [0, 0.05) is 28.3 Å². The molecule has 412 valence electrons. The number of nitro benzene ring substituents is 1. The van der Waals surface area contributed by atoms with Crippen molar-refractivity contribution in [1.29, 1.82) is 0 Å². The zero-order chi connectivity index (χ0) is 58.7. The van der Waals surface area contributed by atoms with Crippen LogP contribution in [0.15, 0.2) is 161 Å². The SMILES string of the molecule is Nc1c(N=Nc2ccc3c(O)c(N=Nc4ccc(N=Nc5ccc(C(=O)O)cc5)cc4S(=O)(=O)O)c(S(=O)(=O)O)cc3c2S(=O)(=O)O)cc(S(=O)(=O)O)c2cc(S(=O)(=O)O)c(N=Nc3ccc([N+](=O)[O-])cc3S(=O)(=O)O)c(O)c12. The molecule has 0 aliphatic carbocycles. The Labute approximate surface area is 439 Å². The third kappa shape index (κ3) is 12.2. The van der Waals surface area contributed by atoms with Crippen molar-refractivity contribution in [3.05, 3.63) is 107 Å². The molecule has 0 aliphatic heterocycles. The van der Waals surface area contributed by atoms with E-state index in [1.807, 2.05) is 0 Å². The van der Waals surface area contributed by atoms with Gasteiger partial charge in [0.25, 0.3) is 66.4 Å². The molecule has 7 aromatic carbocycles. The third-order valence-electron chi connectivity index (χ3n) is 10.4. The lowest BCUT2D eigenvalue weighted by Gasteiger charge is -2.15. The summed E-state index contributed by atoms with van der Waals surface area (Å²) in [6.07, 6.45) is 0. The van der Waals surface area contributed by atoms with Gasteiger partial charge in [-0.3, -0.25) is 37.4 Å². The molecule has 34 nitrogen and oxygen atoms in total. The van der Waals surface area contributed by atoms with Crippen LogP contribution in [0.5, 0.6) is 11.5 Å². The fourth-order valence-corrected chi connectivity index (χ4v) is 11.1. The van der Waals surface area contributed by atoms with Gasteiger partial charge in [0.2, 0.25) is 0 Å². The second kappa shape index (κ2) is 20.5. The number of anilines is 1. The lowest BCUT2D eigenvalue weighted by molar-refractivity contribution is -0.385. The summed E-state index contributed by atoms with van der Waals surface area (Å²) >= 11 is 0. The highest BCUT2D eigenvalue weighted by molar-refractivity contribution is 7.87. The zero-order valence-corrected chi connectivity index (χ0v) is 42.8. The first-order valence-electron chi connectivity index (χ1n) is 20.1. The van der Waals surface area contributed by atoms with E-state index in [9.17, 15) is 103 Å². The molecule has 0 radical (unpaired) electrons. The number of carboxylic acid groups (broad SMARTS) is 1. The summed E-state index contributed by atoms with van der Waals surface area (Å²) in [4.78, 5) is 13.1. The van der Waals surface area contributed by atoms with Crippen LogP contribution in [0.3, 0.4) is 0 Å². The van der Waals surface area contributed by atoms with Crippen LogP contribution >= 0.6 is 0 Å². The lowest BCUT2D eigenvalue weighted by atomic mass is 10.0. The first kappa shape index (κ1) is 57.9. The first-order valence-corrected chi connectivity index (χ1v) is 28.7. The Hall–Kier alpha value is -8.81. The number of carboxylic acids is 1. The van der Waals surface area contributed by atoms with Gasteiger partial charge in [-0.15, -0.1) is 30.7 Å². The molecule has 40 heteroatoms. The van der Waals surface area contributed by atoms with Crippen molar-refractivity contribution in [2.24, 2.45) is 40.9 Å². The van der Waals surface area contributed by atoms with Gasteiger partial charge in [0.05, 0.1) is 32.9 Å². The second-order valence-electron chi connectivity index (χ2n) is 15.4. The molecule has 0 heterocycles. The Morgan fingerprint density at radius 1 is 0.443 bits per heavy atom. The van der Waals surface area contributed by atoms with Crippen molar-refractivity contribution in [2.75, 3.05) is 5.73 Å². The largest absolute Gasteiger partial charge is 0.505 e. The molecule has 0 atom stereocenters. The van der Waals surface area contributed by atoms with Crippen molar-refractivity contribution >= 4 is 145 Å². The Balaban J connectivity index is 1.38. The highest BCUT2D eigenvalue weighted by atomic mass is 32.2. The zero-order valence-electron chi connectivity index (χ0n) is 37.9. The van der Waals surface area contributed by atoms with Crippen LogP contribution in [0.25, 0.3) is 21.5 Å². The lowest BCUT2D eigenvalue weighted by Crippen LogP contribution is -2.04. The standard InChI is InChI=1S/C39H26N10O24S6/c40-33-26(15-27(74(56,57)58)22-14-31(78(68,69)70)35(37(51)32(22)33)48-44-24-9-6-19(49(54)55)12-29(24)76(62,63)64)46-45-25-10-7-20-21(38(25)79(71,72)73)13-30(77(65,66)67)34(36(20)50)47-43-23-8-5-18(11-28(23)75(59,60)61)42-41-17-3-1-16(2-4-17)39(52)53/h1-15,50-51H,40H2,(H,52,53)(H,56,57,58)(H,59,60,61)(H,62,63,64)(H,65,66,67)(H,68,69,70)(H,71,72,73). The number of aromatic hydroxyl groups is 2. The van der Waals surface area contributed by atoms with Gasteiger partial charge >= 0.3 is 5.97 Å². The topological polar surface area (TPSA) is 572 Å². The van der Waals surface area contributed by atoms with Crippen LogP contribution in [0.4, 0.5) is 56.9 Å². The van der Waals surface area contributed by atoms with Gasteiger partial charge in [-0.2, -0.15) is 60.7 Å². The molecule has 0 fully saturated rings. The predicted octanol–water partition coefficient (Wildman–Crippen LogP) is 7.73. The van der Waals surface area contributed by atoms with Crippen LogP contribution in [0.2, 0.25) is 0 Å². The fourth-order valence-electron chi connectivity index (χ4n) is 6.98. The molecular weight excluding hydrogens is 1180 g/mol. The number of hydrogen-bond donors (Lipinski definition) is 10. The molecule has 11 N–H and O–H groups in total. The molecule has 0 amide bonds. The number of nitrogens with two attached hydrogens (primary N) is 1. The van der Waals surface area contributed by atoms with E-state index in [4.69, 9.17) is 10.8 Å². The minimum atomic E-state index is -5.75. The Kier molecular flexibility index (Phi) is 15.0. The van der Waals surface area contributed by atoms with E-state index < -0.39 is 180 Å². The maximum atomic E-state index is 13.0. The number of nitrogens with zero attached hydrogens (tertiary/aromatic N) is 9. The van der Waals surface area contributed by atoms with E-state index in [0.29, 0.717) is 36.4 Å². The number of nitro groups is 1. The van der Waals surface area contributed by atoms with Gasteiger partial charge in [0.15, 0.2) is 11.5 Å². The minimum Gasteiger partial charge on any atom is -0.505 e. The van der Waals surface area contributed by atoms with E-state index in [0.717, 1.165) is 18.2 Å². The van der Waals surface area contributed by atoms with Crippen molar-refractivity contribution in [3.63, 3.8) is 0 Å². The predicted molar refractivity (Wildman–Crippen MR) is 264 cm³/mol. The van der Waals surface area contributed by atoms with Gasteiger partial charge < -0.3 is 21.1 Å². The molecule has 79 heavy (non-hydrogen) atoms. The Morgan fingerprint density at radius 3 is 1.39 bits per heavy atom. The van der Waals surface area contributed by atoms with E-state index in [-0.39, 0.29) is 29.1 Å². The summed E-state index contributed by atoms with van der Waals surface area (Å²) in [5.41, 5.74) is -2.40. The number of carbonyl (C=O) groups is 1. The van der Waals surface area contributed by atoms with E-state index in [2.05, 4.69) is 40.9 Å². The number of rotatable bonds is 16. The smallest absolute Gasteiger partial charge is 0.335 e. The number of aromatic carboxylic acids is 1. The van der Waals surface area contributed by atoms with Crippen molar-refractivity contribution < 1.29 is 103 Å². The number of nitrogen functional groups attached to an aromatic ring is 1. The maximum absolute atomic E-state index is 13.0. The fraction of sp³-hybridized carbons (Fsp3) is 0. The van der Waals surface area contributed by atoms with E-state index in [1.165, 1.54) is 24.3 Å². The van der Waals surface area contributed by atoms with E-state index >= 15 is 0 Å². The number of hydrogen-bond acceptors (Lipinski definition) is 26. The van der Waals surface area contributed by atoms with Crippen LogP contribution in [0.1, 0.15) is 10.4 Å². The van der Waals surface area contributed by atoms with Gasteiger partial charge in [-0.25, -0.2) is 4.79 Å². The Morgan fingerprint density at radius 2 is 0.886 bits per heavy atom. The normalized spacial score (nSPS) is 13.2. The van der Waals surface area contributed by atoms with Crippen molar-refractivity contribution in [2.45, 2.75) is 29.4 Å². The monoisotopic (exact) mass is 1210 g/mol. The summed E-state index contributed by atoms with van der Waals surface area (Å²) in [5.74, 6) is -4.17. The van der Waals surface area contributed by atoms with Gasteiger partial charge in [0.1, 0.15) is 63.5 Å². The van der Waals surface area contributed by atoms with Crippen molar-refractivity contribution in [3.8, 4) is 11.5 Å². The number of phenols is 2. The number of non-ortho nitro benzene ring substituents is 1. The number of azo groups is 4. The quantitative estimate of drug-likeness (QED) is 0.0145. The molecule has 0 aromatic heterocycles. The van der Waals surface area contributed by atoms with Crippen LogP contribution in [-0.4, -0.2) is 104 Å². The van der Waals surface area contributed by atoms with Gasteiger partial charge in [-0.1, -0.05) is 0 Å². The highest BCUT2D eigenvalue weighted by Gasteiger charge is 2.31. The van der Waals surface area contributed by atoms with Crippen LogP contribution in [0, 0.1) is 10.1 Å². The third-order valence-corrected chi connectivity index (χ3v) is 15.7. The molecule has 0 aliphatic rings. The number of phenolic OH excluding ortho intramolecular Hbond substituents is 2. The maximum Gasteiger partial charge on any atom is 0.335 e. The summed E-state index contributed by atoms with van der Waals surface area (Å²) in [6.45, 7) is 0. The molecule has 0 bridgehead atoms. The van der Waals surface area contributed by atoms with Gasteiger partial charge in [-0.05, 0) is 78.9 Å². The first-order chi connectivity index (χ1) is 36.4. The summed E-state index contributed by atoms with van der Waals surface area (Å²) < 4.78 is 212. The molecule has 0 spiro atoms. The second-order valence-corrected chi connectivity index (χ2v) is 23.8. The van der Waals surface area contributed by atoms with Crippen LogP contribution in [-0.2, 0) is 60.7 Å². The van der Waals surface area contributed by atoms with E-state index in [1.54, 1.807) is 0 Å². The molecule has 0 saturated heterocycles. The average Bonchev–Trinajstić information content (AvgIpc) is 3.41. The molecule has 0 unspecified atom stereocenters. The highest BCUT2D eigenvalue weighted by Crippen LogP contribution is 2.50. The minimum absolute atomic E-state index is 0.0939. The van der Waals surface area contributed by atoms with Crippen LogP contribution < -0.4 is 5.73 Å². The Bertz CT molecular complexity index is 4690. The van der Waals surface area contributed by atoms with Crippen molar-refractivity contribution in [1.82, 2.24) is 0 Å². The number of benzene rings is 7. The summed E-state index contributed by atoms with van der Waals surface area (Å²) in [7, 11) is -33.4. The average molecular weight is 1210 g/mol. The molecule has 7 rings (SSSR count). The number of fused-ring (bicyclic) bond motifs is 2. The molecule has 7 aromatic rings. The molecule has 0 saturated carbocycles.